The van der Waals surface area contributed by atoms with Gasteiger partial charge in [-0.15, -0.1) is 0 Å². The predicted octanol–water partition coefficient (Wildman–Crippen LogP) is 2.30. The number of piperidine rings is 1. The average molecular weight is 461 g/mol. The van der Waals surface area contributed by atoms with Gasteiger partial charge in [0.2, 0.25) is 5.95 Å². The topological polar surface area (TPSA) is 138 Å². The fourth-order valence-corrected chi connectivity index (χ4v) is 4.98. The Labute approximate surface area is 197 Å². The van der Waals surface area contributed by atoms with Crippen LogP contribution in [0.3, 0.4) is 0 Å². The number of H-pyrrole nitrogens is 1. The number of amides is 1. The van der Waals surface area contributed by atoms with Gasteiger partial charge < -0.3 is 15.7 Å². The predicted molar refractivity (Wildman–Crippen MR) is 126 cm³/mol. The minimum atomic E-state index is -0.325. The maximum atomic E-state index is 13.3. The van der Waals surface area contributed by atoms with E-state index in [0.717, 1.165) is 16.7 Å². The first-order valence-electron chi connectivity index (χ1n) is 11.5. The summed E-state index contributed by atoms with van der Waals surface area (Å²) >= 11 is 0. The molecule has 0 radical (unpaired) electrons. The van der Waals surface area contributed by atoms with E-state index in [4.69, 9.17) is 5.73 Å². The molecule has 0 bridgehead atoms. The summed E-state index contributed by atoms with van der Waals surface area (Å²) in [5.74, 6) is 0.0566. The van der Waals surface area contributed by atoms with Crippen molar-refractivity contribution in [1.29, 1.82) is 0 Å². The number of aliphatic hydroxyl groups excluding tert-OH is 1. The van der Waals surface area contributed by atoms with Crippen molar-refractivity contribution in [2.75, 3.05) is 18.8 Å². The zero-order valence-electron chi connectivity index (χ0n) is 19.3. The second-order valence-electron chi connectivity index (χ2n) is 9.81. The molecule has 9 heteroatoms. The van der Waals surface area contributed by atoms with Gasteiger partial charge in [0.25, 0.3) is 5.91 Å². The van der Waals surface area contributed by atoms with Gasteiger partial charge in [-0.1, -0.05) is 26.0 Å². The van der Waals surface area contributed by atoms with Crippen LogP contribution in [0.15, 0.2) is 30.5 Å². The van der Waals surface area contributed by atoms with Crippen molar-refractivity contribution in [1.82, 2.24) is 25.1 Å². The fraction of sp³-hybridized carbons (Fsp3) is 0.400. The molecule has 2 aliphatic rings. The number of carbonyl (C=O) groups excluding carboxylic acids is 2. The van der Waals surface area contributed by atoms with Crippen molar-refractivity contribution in [2.45, 2.75) is 51.0 Å². The van der Waals surface area contributed by atoms with E-state index < -0.39 is 0 Å². The van der Waals surface area contributed by atoms with Crippen LogP contribution in [-0.2, 0) is 18.3 Å². The molecule has 0 atom stereocenters. The molecule has 1 aromatic carbocycles. The van der Waals surface area contributed by atoms with Crippen LogP contribution in [0.4, 0.5) is 5.95 Å². The van der Waals surface area contributed by atoms with Crippen LogP contribution in [0, 0.1) is 0 Å². The van der Waals surface area contributed by atoms with Crippen LogP contribution in [0.25, 0.3) is 11.4 Å². The minimum absolute atomic E-state index is 0.0471. The van der Waals surface area contributed by atoms with Crippen LogP contribution in [0.2, 0.25) is 0 Å². The Morgan fingerprint density at radius 1 is 1.18 bits per heavy atom. The molecular weight excluding hydrogens is 432 g/mol. The second-order valence-corrected chi connectivity index (χ2v) is 9.81. The largest absolute Gasteiger partial charge is 0.393 e. The molecule has 1 saturated heterocycles. The maximum Gasteiger partial charge on any atom is 0.253 e. The zero-order chi connectivity index (χ0) is 24.0. The Bertz CT molecular complexity index is 1260. The number of ketones is 1. The Kier molecular flexibility index (Phi) is 5.44. The Morgan fingerprint density at radius 2 is 1.88 bits per heavy atom. The van der Waals surface area contributed by atoms with Crippen LogP contribution >= 0.6 is 0 Å². The van der Waals surface area contributed by atoms with Gasteiger partial charge in [0.05, 0.1) is 11.8 Å². The number of nitrogen functional groups attached to an aromatic ring is 1. The summed E-state index contributed by atoms with van der Waals surface area (Å²) in [4.78, 5) is 36.2. The molecule has 9 nitrogen and oxygen atoms in total. The van der Waals surface area contributed by atoms with E-state index in [0.29, 0.717) is 55.0 Å². The highest BCUT2D eigenvalue weighted by Gasteiger charge is 2.38. The highest BCUT2D eigenvalue weighted by atomic mass is 16.3. The molecule has 1 fully saturated rings. The minimum Gasteiger partial charge on any atom is -0.393 e. The van der Waals surface area contributed by atoms with Crippen molar-refractivity contribution in [3.05, 3.63) is 58.4 Å². The van der Waals surface area contributed by atoms with Crippen molar-refractivity contribution < 1.29 is 14.7 Å². The van der Waals surface area contributed by atoms with E-state index in [-0.39, 0.29) is 35.6 Å². The molecule has 3 aromatic rings. The first-order valence-corrected chi connectivity index (χ1v) is 11.5. The number of aromatic nitrogens is 4. The molecule has 0 spiro atoms. The molecule has 1 amide bonds. The first kappa shape index (κ1) is 22.2. The Hall–Kier alpha value is -3.59. The highest BCUT2D eigenvalue weighted by Crippen LogP contribution is 2.42. The van der Waals surface area contributed by atoms with E-state index in [2.05, 4.69) is 34.0 Å². The van der Waals surface area contributed by atoms with Crippen molar-refractivity contribution in [2.24, 2.45) is 0 Å². The number of hydrogen-bond donors (Lipinski definition) is 3. The van der Waals surface area contributed by atoms with Gasteiger partial charge >= 0.3 is 0 Å². The van der Waals surface area contributed by atoms with Crippen molar-refractivity contribution in [3.8, 4) is 11.4 Å². The summed E-state index contributed by atoms with van der Waals surface area (Å²) in [5, 5.41) is 17.0. The first-order chi connectivity index (χ1) is 16.2. The van der Waals surface area contributed by atoms with Gasteiger partial charge in [-0.3, -0.25) is 14.7 Å². The fourth-order valence-electron chi connectivity index (χ4n) is 4.98. The molecular formula is C25H28N6O3. The maximum absolute atomic E-state index is 13.3. The van der Waals surface area contributed by atoms with Crippen LogP contribution in [-0.4, -0.2) is 61.1 Å². The monoisotopic (exact) mass is 460 g/mol. The third-order valence-electron chi connectivity index (χ3n) is 6.78. The smallest absolute Gasteiger partial charge is 0.253 e. The summed E-state index contributed by atoms with van der Waals surface area (Å²) in [5.41, 5.74) is 10.5. The summed E-state index contributed by atoms with van der Waals surface area (Å²) in [7, 11) is 0. The molecule has 2 aromatic heterocycles. The second kappa shape index (κ2) is 8.32. The van der Waals surface area contributed by atoms with Crippen LogP contribution in [0.5, 0.6) is 0 Å². The molecule has 1 aliphatic carbocycles. The van der Waals surface area contributed by atoms with Gasteiger partial charge in [0.1, 0.15) is 11.4 Å². The number of nitrogens with zero attached hydrogens (tertiary/aromatic N) is 4. The number of Topliss-reactive ketones (excluding diaryl/α,β-unsaturated/α-hetero) is 1. The average Bonchev–Trinajstić information content (AvgIpc) is 3.27. The number of rotatable bonds is 4. The van der Waals surface area contributed by atoms with E-state index in [1.54, 1.807) is 23.2 Å². The number of benzene rings is 1. The number of nitrogens with two attached hydrogens (primary N) is 1. The molecule has 34 heavy (non-hydrogen) atoms. The molecule has 5 rings (SSSR count). The summed E-state index contributed by atoms with van der Waals surface area (Å²) in [6.45, 7) is 5.27. The molecule has 0 unspecified atom stereocenters. The van der Waals surface area contributed by atoms with Gasteiger partial charge in [0.15, 0.2) is 5.78 Å². The molecule has 3 heterocycles. The Morgan fingerprint density at radius 3 is 2.59 bits per heavy atom. The quantitative estimate of drug-likeness (QED) is 0.508. The van der Waals surface area contributed by atoms with Gasteiger partial charge in [-0.05, 0) is 47.9 Å². The third-order valence-corrected chi connectivity index (χ3v) is 6.78. The third kappa shape index (κ3) is 3.96. The lowest BCUT2D eigenvalue weighted by Gasteiger charge is -2.30. The molecule has 0 saturated carbocycles. The number of carbonyl (C=O) groups is 2. The lowest BCUT2D eigenvalue weighted by atomic mass is 9.72. The van der Waals surface area contributed by atoms with E-state index in [1.807, 2.05) is 12.1 Å². The van der Waals surface area contributed by atoms with E-state index in [1.165, 1.54) is 0 Å². The lowest BCUT2D eigenvalue weighted by molar-refractivity contribution is 0.0546. The SMILES string of the molecule is CC1(C)Cc2cnc(N)nc2-c2n[nH]c(C(=O)Cc3ccc(C(=O)N4CCC(O)CC4)cc3)c21. The molecule has 4 N–H and O–H groups in total. The van der Waals surface area contributed by atoms with Gasteiger partial charge in [-0.25, -0.2) is 9.97 Å². The summed E-state index contributed by atoms with van der Waals surface area (Å²) in [6.07, 6.45) is 3.48. The van der Waals surface area contributed by atoms with E-state index >= 15 is 0 Å². The van der Waals surface area contributed by atoms with E-state index in [9.17, 15) is 14.7 Å². The molecule has 1 aliphatic heterocycles. The normalized spacial score (nSPS) is 17.2. The zero-order valence-corrected chi connectivity index (χ0v) is 19.3. The van der Waals surface area contributed by atoms with Crippen LogP contribution < -0.4 is 5.73 Å². The number of aliphatic hydroxyl groups is 1. The number of fused-ring (bicyclic) bond motifs is 3. The molecule has 176 valence electrons. The lowest BCUT2D eigenvalue weighted by Crippen LogP contribution is -2.40. The van der Waals surface area contributed by atoms with Crippen molar-refractivity contribution >= 4 is 17.6 Å². The van der Waals surface area contributed by atoms with Gasteiger partial charge in [0, 0.05) is 36.8 Å². The number of anilines is 1. The van der Waals surface area contributed by atoms with Crippen molar-refractivity contribution in [3.63, 3.8) is 0 Å². The van der Waals surface area contributed by atoms with Crippen LogP contribution in [0.1, 0.15) is 64.2 Å². The Balaban J connectivity index is 1.35. The number of likely N-dealkylation sites (tertiary alicyclic amines) is 1. The highest BCUT2D eigenvalue weighted by molar-refractivity contribution is 5.99. The summed E-state index contributed by atoms with van der Waals surface area (Å²) in [6, 6.07) is 7.17. The van der Waals surface area contributed by atoms with Gasteiger partial charge in [-0.2, -0.15) is 5.10 Å². The summed E-state index contributed by atoms with van der Waals surface area (Å²) < 4.78 is 0. The number of aromatic amines is 1. The number of nitrogens with one attached hydrogen (secondary N) is 1. The number of hydrogen-bond acceptors (Lipinski definition) is 7. The standard InChI is InChI=1S/C25H28N6O3/c1-25(2)12-16-13-27-24(26)28-20(16)22-19(25)21(29-30-22)18(33)11-14-3-5-15(6-4-14)23(34)31-9-7-17(32)8-10-31/h3-6,13,17,32H,7-12H2,1-2H3,(H,29,30)(H2,26,27,28).